The molecule has 0 aromatic carbocycles. The Morgan fingerprint density at radius 3 is 1.85 bits per heavy atom. The standard InChI is InChI=1S/C18H30N2O7S2.C14H16O7.C2H7NS/c1-3-11-14(18(25)26)10(16(22)20-5-7-29)8-12(27-11)13(17(23)24)9(2)15(21)19-4-6-28;1-3-7-10-6(12(16)21-14(10)18)4-8(19-7)9-5(2)11(15)20-13(9)17;3-1-2-4/h9-14,28-29H,3-8H2,1-2H3,(H,19,21)(H,20,22)(H,23,24)(H,25,26);5-10H,3-4H2,1-2H3;4H,1-3H2. The van der Waals surface area contributed by atoms with Crippen molar-refractivity contribution in [2.45, 2.75) is 77.8 Å². The lowest BCUT2D eigenvalue weighted by atomic mass is 9.74. The van der Waals surface area contributed by atoms with Gasteiger partial charge in [-0.05, 0) is 25.7 Å². The molecule has 0 aromatic heterocycles. The number of nitrogens with one attached hydrogen (secondary N) is 2. The Bertz CT molecular complexity index is 1370. The van der Waals surface area contributed by atoms with E-state index in [1.54, 1.807) is 13.8 Å². The predicted molar refractivity (Wildman–Crippen MR) is 201 cm³/mol. The third kappa shape index (κ3) is 11.8. The van der Waals surface area contributed by atoms with E-state index in [0.29, 0.717) is 24.5 Å². The highest BCUT2D eigenvalue weighted by Gasteiger charge is 2.57. The molecule has 12 atom stereocenters. The van der Waals surface area contributed by atoms with Crippen molar-refractivity contribution < 1.29 is 67.5 Å². The fraction of sp³-hybridized carbons (Fsp3) is 0.765. The molecule has 4 rings (SSSR count). The van der Waals surface area contributed by atoms with Crippen LogP contribution in [0.4, 0.5) is 0 Å². The van der Waals surface area contributed by atoms with Crippen molar-refractivity contribution in [2.75, 3.05) is 36.9 Å². The van der Waals surface area contributed by atoms with Gasteiger partial charge in [0.05, 0.1) is 71.8 Å². The lowest BCUT2D eigenvalue weighted by Gasteiger charge is -2.42. The molecule has 20 heteroatoms. The average Bonchev–Trinajstić information content (AvgIpc) is 3.58. The number of hydrogen-bond acceptors (Lipinski definition) is 16. The van der Waals surface area contributed by atoms with Gasteiger partial charge in [-0.1, -0.05) is 27.7 Å². The number of cyclic esters (lactones) is 4. The second kappa shape index (κ2) is 22.6. The number of carboxylic acid groups (broad SMARTS) is 2. The van der Waals surface area contributed by atoms with Gasteiger partial charge in [-0.25, -0.2) is 0 Å². The number of fused-ring (bicyclic) bond motifs is 1. The molecule has 4 heterocycles. The number of carbonyl (C=O) groups is 8. The van der Waals surface area contributed by atoms with Crippen LogP contribution >= 0.6 is 37.9 Å². The zero-order chi connectivity index (χ0) is 40.9. The van der Waals surface area contributed by atoms with Crippen molar-refractivity contribution in [2.24, 2.45) is 53.1 Å². The van der Waals surface area contributed by atoms with Gasteiger partial charge >= 0.3 is 35.8 Å². The highest BCUT2D eigenvalue weighted by Crippen LogP contribution is 2.43. The van der Waals surface area contributed by atoms with Gasteiger partial charge in [-0.3, -0.25) is 38.4 Å². The molecule has 2 amide bonds. The van der Waals surface area contributed by atoms with Crippen LogP contribution in [-0.4, -0.2) is 119 Å². The van der Waals surface area contributed by atoms with E-state index in [9.17, 15) is 48.6 Å². The van der Waals surface area contributed by atoms with Gasteiger partial charge in [0, 0.05) is 36.9 Å². The number of aliphatic carboxylic acids is 2. The molecule has 0 bridgehead atoms. The van der Waals surface area contributed by atoms with Crippen LogP contribution in [0.15, 0.2) is 0 Å². The maximum atomic E-state index is 12.6. The number of thiol groups is 3. The molecule has 0 aliphatic carbocycles. The van der Waals surface area contributed by atoms with Crippen LogP contribution in [0.25, 0.3) is 0 Å². The highest BCUT2D eigenvalue weighted by atomic mass is 32.1. The maximum Gasteiger partial charge on any atom is 0.320 e. The summed E-state index contributed by atoms with van der Waals surface area (Å²) in [5.41, 5.74) is 4.95. The van der Waals surface area contributed by atoms with Crippen molar-refractivity contribution >= 4 is 85.5 Å². The summed E-state index contributed by atoms with van der Waals surface area (Å²) in [7, 11) is 0. The highest BCUT2D eigenvalue weighted by molar-refractivity contribution is 7.80. The van der Waals surface area contributed by atoms with Gasteiger partial charge in [0.15, 0.2) is 0 Å². The van der Waals surface area contributed by atoms with Crippen molar-refractivity contribution in [1.29, 1.82) is 0 Å². The largest absolute Gasteiger partial charge is 0.481 e. The summed E-state index contributed by atoms with van der Waals surface area (Å²) in [5, 5.41) is 24.7. The van der Waals surface area contributed by atoms with Gasteiger partial charge in [0.25, 0.3) is 0 Å². The first kappa shape index (κ1) is 47.2. The number of nitrogens with two attached hydrogens (primary N) is 1. The predicted octanol–water partition coefficient (Wildman–Crippen LogP) is 0.380. The number of esters is 4. The van der Waals surface area contributed by atoms with E-state index < -0.39 is 119 Å². The minimum absolute atomic E-state index is 0.104. The number of carbonyl (C=O) groups excluding carboxylic acids is 6. The van der Waals surface area contributed by atoms with Crippen molar-refractivity contribution in [3.8, 4) is 0 Å². The van der Waals surface area contributed by atoms with Crippen LogP contribution in [0.3, 0.4) is 0 Å². The van der Waals surface area contributed by atoms with E-state index >= 15 is 0 Å². The van der Waals surface area contributed by atoms with Crippen LogP contribution in [-0.2, 0) is 57.3 Å². The molecule has 4 fully saturated rings. The molecule has 54 heavy (non-hydrogen) atoms. The lowest BCUT2D eigenvalue weighted by molar-refractivity contribution is -0.184. The topological polar surface area (TPSA) is 264 Å². The van der Waals surface area contributed by atoms with Gasteiger partial charge in [0.2, 0.25) is 11.8 Å². The summed E-state index contributed by atoms with van der Waals surface area (Å²) in [6, 6.07) is 0. The molecular formula is C34H53N3O14S3. The fourth-order valence-electron chi connectivity index (χ4n) is 7.20. The summed E-state index contributed by atoms with van der Waals surface area (Å²) >= 11 is 11.8. The van der Waals surface area contributed by atoms with Crippen LogP contribution in [0.2, 0.25) is 0 Å². The first-order valence-electron chi connectivity index (χ1n) is 17.9. The molecular weight excluding hydrogens is 771 g/mol. The number of hydrogen-bond donors (Lipinski definition) is 8. The molecule has 4 saturated heterocycles. The van der Waals surface area contributed by atoms with Crippen LogP contribution < -0.4 is 16.4 Å². The second-order valence-electron chi connectivity index (χ2n) is 13.3. The van der Waals surface area contributed by atoms with Gasteiger partial charge in [0.1, 0.15) is 0 Å². The molecule has 4 aliphatic rings. The Labute approximate surface area is 330 Å². The molecule has 17 nitrogen and oxygen atoms in total. The Kier molecular flexibility index (Phi) is 19.8. The minimum Gasteiger partial charge on any atom is -0.481 e. The lowest BCUT2D eigenvalue weighted by Crippen LogP contribution is -2.54. The average molecular weight is 824 g/mol. The normalized spacial score (nSPS) is 31.3. The number of ether oxygens (including phenoxy) is 4. The van der Waals surface area contributed by atoms with Gasteiger partial charge in [-0.2, -0.15) is 37.9 Å². The Hall–Kier alpha value is -2.91. The minimum atomic E-state index is -1.23. The summed E-state index contributed by atoms with van der Waals surface area (Å²) in [4.78, 5) is 95.6. The van der Waals surface area contributed by atoms with E-state index in [1.165, 1.54) is 6.92 Å². The zero-order valence-corrected chi connectivity index (χ0v) is 33.4. The molecule has 0 aromatic rings. The van der Waals surface area contributed by atoms with Crippen LogP contribution in [0.1, 0.15) is 53.4 Å². The van der Waals surface area contributed by atoms with E-state index in [-0.39, 0.29) is 32.4 Å². The monoisotopic (exact) mass is 823 g/mol. The van der Waals surface area contributed by atoms with Crippen LogP contribution in [0.5, 0.6) is 0 Å². The number of rotatable bonds is 14. The van der Waals surface area contributed by atoms with Gasteiger partial charge in [-0.15, -0.1) is 0 Å². The maximum absolute atomic E-state index is 12.6. The molecule has 0 spiro atoms. The van der Waals surface area contributed by atoms with E-state index in [4.69, 9.17) is 15.2 Å². The van der Waals surface area contributed by atoms with E-state index in [1.807, 2.05) is 6.92 Å². The van der Waals surface area contributed by atoms with E-state index in [2.05, 4.69) is 58.0 Å². The SMILES string of the molecule is CCC1OC(C(C(=O)O)C(C)C(=O)NCCS)CC(C(=O)NCCS)C1C(=O)O.CCC1OC(C2C(=O)OC(=O)C2C)CC2C(=O)OC(=O)C12.NCCS. The third-order valence-corrected chi connectivity index (χ3v) is 10.6. The summed E-state index contributed by atoms with van der Waals surface area (Å²) < 4.78 is 21.0. The molecule has 4 aliphatic heterocycles. The Balaban J connectivity index is 0.000000351. The molecule has 0 saturated carbocycles. The first-order chi connectivity index (χ1) is 25.5. The third-order valence-electron chi connectivity index (χ3n) is 9.92. The summed E-state index contributed by atoms with van der Waals surface area (Å²) in [5.74, 6) is -10.9. The smallest absolute Gasteiger partial charge is 0.320 e. The van der Waals surface area contributed by atoms with Crippen molar-refractivity contribution in [3.05, 3.63) is 0 Å². The van der Waals surface area contributed by atoms with Gasteiger partial charge < -0.3 is 45.5 Å². The molecule has 0 radical (unpaired) electrons. The summed E-state index contributed by atoms with van der Waals surface area (Å²) in [6.45, 7) is 7.87. The number of carboxylic acids is 2. The van der Waals surface area contributed by atoms with E-state index in [0.717, 1.165) is 5.75 Å². The first-order valence-corrected chi connectivity index (χ1v) is 19.8. The number of amides is 2. The van der Waals surface area contributed by atoms with Crippen LogP contribution in [0, 0.1) is 47.3 Å². The summed E-state index contributed by atoms with van der Waals surface area (Å²) in [6.07, 6.45) is -2.01. The molecule has 306 valence electrons. The molecule has 12 unspecified atom stereocenters. The molecule has 6 N–H and O–H groups in total. The Morgan fingerprint density at radius 1 is 0.815 bits per heavy atom. The van der Waals surface area contributed by atoms with Crippen molar-refractivity contribution in [3.63, 3.8) is 0 Å². The zero-order valence-electron chi connectivity index (χ0n) is 30.7. The fourth-order valence-corrected chi connectivity index (χ4v) is 7.42. The quantitative estimate of drug-likeness (QED) is 0.0669. The Morgan fingerprint density at radius 2 is 1.37 bits per heavy atom. The van der Waals surface area contributed by atoms with Crippen molar-refractivity contribution in [1.82, 2.24) is 10.6 Å². The second-order valence-corrected chi connectivity index (χ2v) is 14.6.